The van der Waals surface area contributed by atoms with Crippen LogP contribution in [-0.2, 0) is 33.0 Å². The van der Waals surface area contributed by atoms with Crippen molar-refractivity contribution in [2.45, 2.75) is 46.3 Å². The lowest BCUT2D eigenvalue weighted by Gasteiger charge is -2.20. The molecular weight excluding hydrogens is 368 g/mol. The first-order chi connectivity index (χ1) is 12.6. The van der Waals surface area contributed by atoms with Gasteiger partial charge < -0.3 is 9.30 Å². The Labute approximate surface area is 159 Å². The standard InChI is InChI=1S/C19H22N2O5S/c1-13-10-16(20-27(24)25)15(11-14-8-6-5-7-9-14)18(23)21(13)12-17(22)26-19(2,3)4/h5-10H,11-12H2,1-4H3. The van der Waals surface area contributed by atoms with Gasteiger partial charge in [0.2, 0.25) is 0 Å². The number of nitrogens with zero attached hydrogens (tertiary/aromatic N) is 2. The number of hydrogen-bond donors (Lipinski definition) is 0. The fraction of sp³-hybridized carbons (Fsp3) is 0.368. The minimum absolute atomic E-state index is 0.0788. The molecule has 2 rings (SSSR count). The number of pyridine rings is 1. The van der Waals surface area contributed by atoms with Crippen LogP contribution >= 0.6 is 0 Å². The van der Waals surface area contributed by atoms with E-state index >= 15 is 0 Å². The van der Waals surface area contributed by atoms with E-state index in [-0.39, 0.29) is 24.2 Å². The monoisotopic (exact) mass is 390 g/mol. The van der Waals surface area contributed by atoms with E-state index in [1.54, 1.807) is 27.7 Å². The Kier molecular flexibility index (Phi) is 6.32. The molecule has 0 aliphatic carbocycles. The van der Waals surface area contributed by atoms with E-state index in [0.29, 0.717) is 5.69 Å². The summed E-state index contributed by atoms with van der Waals surface area (Å²) in [6, 6.07) is 10.6. The number of ether oxygens (including phenoxy) is 1. The highest BCUT2D eigenvalue weighted by Crippen LogP contribution is 2.21. The predicted molar refractivity (Wildman–Crippen MR) is 102 cm³/mol. The highest BCUT2D eigenvalue weighted by Gasteiger charge is 2.20. The zero-order valence-electron chi connectivity index (χ0n) is 15.7. The lowest BCUT2D eigenvalue weighted by Crippen LogP contribution is -2.33. The van der Waals surface area contributed by atoms with Crippen molar-refractivity contribution in [1.82, 2.24) is 4.57 Å². The molecule has 0 fully saturated rings. The zero-order chi connectivity index (χ0) is 20.2. The second-order valence-corrected chi connectivity index (χ2v) is 7.71. The number of esters is 1. The topological polar surface area (TPSA) is 94.8 Å². The van der Waals surface area contributed by atoms with Crippen molar-refractivity contribution >= 4 is 22.2 Å². The van der Waals surface area contributed by atoms with Gasteiger partial charge in [-0.05, 0) is 39.3 Å². The van der Waals surface area contributed by atoms with Gasteiger partial charge in [-0.1, -0.05) is 30.3 Å². The fourth-order valence-electron chi connectivity index (χ4n) is 2.62. The van der Waals surface area contributed by atoms with Crippen LogP contribution in [0, 0.1) is 6.92 Å². The third kappa shape index (κ3) is 5.89. The van der Waals surface area contributed by atoms with Crippen molar-refractivity contribution in [2.75, 3.05) is 0 Å². The predicted octanol–water partition coefficient (Wildman–Crippen LogP) is 2.78. The summed E-state index contributed by atoms with van der Waals surface area (Å²) >= 11 is 0. The largest absolute Gasteiger partial charge is 0.459 e. The van der Waals surface area contributed by atoms with Gasteiger partial charge in [0.15, 0.2) is 0 Å². The summed E-state index contributed by atoms with van der Waals surface area (Å²) in [5.74, 6) is -0.546. The van der Waals surface area contributed by atoms with E-state index in [1.165, 1.54) is 10.6 Å². The lowest BCUT2D eigenvalue weighted by atomic mass is 10.0. The maximum Gasteiger partial charge on any atom is 0.326 e. The Morgan fingerprint density at radius 1 is 1.19 bits per heavy atom. The van der Waals surface area contributed by atoms with Gasteiger partial charge >= 0.3 is 16.5 Å². The SMILES string of the molecule is Cc1cc(N=S(=O)=O)c(Cc2ccccc2)c(=O)n1CC(=O)OC(C)(C)C. The van der Waals surface area contributed by atoms with Crippen molar-refractivity contribution in [1.29, 1.82) is 0 Å². The molecule has 0 saturated heterocycles. The lowest BCUT2D eigenvalue weighted by molar-refractivity contribution is -0.155. The quantitative estimate of drug-likeness (QED) is 0.732. The molecule has 0 atom stereocenters. The van der Waals surface area contributed by atoms with Crippen LogP contribution in [0.5, 0.6) is 0 Å². The minimum atomic E-state index is -2.70. The smallest absolute Gasteiger partial charge is 0.326 e. The minimum Gasteiger partial charge on any atom is -0.459 e. The van der Waals surface area contributed by atoms with Gasteiger partial charge in [0.1, 0.15) is 12.1 Å². The zero-order valence-corrected chi connectivity index (χ0v) is 16.5. The third-order valence-electron chi connectivity index (χ3n) is 3.69. The molecule has 144 valence electrons. The van der Waals surface area contributed by atoms with E-state index in [4.69, 9.17) is 4.74 Å². The van der Waals surface area contributed by atoms with E-state index < -0.39 is 27.6 Å². The molecule has 1 aromatic heterocycles. The van der Waals surface area contributed by atoms with Crippen LogP contribution in [0.1, 0.15) is 37.6 Å². The van der Waals surface area contributed by atoms with Crippen molar-refractivity contribution in [3.8, 4) is 0 Å². The van der Waals surface area contributed by atoms with Gasteiger partial charge in [-0.2, -0.15) is 8.42 Å². The Hall–Kier alpha value is -2.74. The summed E-state index contributed by atoms with van der Waals surface area (Å²) in [4.78, 5) is 25.2. The van der Waals surface area contributed by atoms with Crippen LogP contribution in [0.3, 0.4) is 0 Å². The summed E-state index contributed by atoms with van der Waals surface area (Å²) in [5.41, 5.74) is 0.404. The molecule has 0 aliphatic rings. The van der Waals surface area contributed by atoms with Crippen molar-refractivity contribution in [2.24, 2.45) is 4.36 Å². The molecule has 1 heterocycles. The highest BCUT2D eigenvalue weighted by molar-refractivity contribution is 7.61. The molecular formula is C19H22N2O5S. The van der Waals surface area contributed by atoms with Crippen LogP contribution in [0.4, 0.5) is 5.69 Å². The molecule has 0 saturated carbocycles. The summed E-state index contributed by atoms with van der Waals surface area (Å²) in [6.45, 7) is 6.59. The van der Waals surface area contributed by atoms with Crippen molar-refractivity contribution < 1.29 is 17.9 Å². The summed E-state index contributed by atoms with van der Waals surface area (Å²) in [7, 11) is -2.70. The average molecular weight is 390 g/mol. The van der Waals surface area contributed by atoms with Gasteiger partial charge in [-0.25, -0.2) is 0 Å². The summed E-state index contributed by atoms with van der Waals surface area (Å²) < 4.78 is 32.2. The molecule has 8 heteroatoms. The van der Waals surface area contributed by atoms with Gasteiger partial charge in [-0.15, -0.1) is 4.36 Å². The van der Waals surface area contributed by atoms with Crippen molar-refractivity contribution in [3.63, 3.8) is 0 Å². The first-order valence-corrected chi connectivity index (χ1v) is 9.40. The highest BCUT2D eigenvalue weighted by atomic mass is 32.2. The fourth-order valence-corrected chi connectivity index (χ4v) is 2.95. The van der Waals surface area contributed by atoms with Crippen LogP contribution in [0.15, 0.2) is 45.6 Å². The Balaban J connectivity index is 2.53. The van der Waals surface area contributed by atoms with Gasteiger partial charge in [0, 0.05) is 17.7 Å². The van der Waals surface area contributed by atoms with E-state index in [9.17, 15) is 18.0 Å². The van der Waals surface area contributed by atoms with Crippen LogP contribution in [0.25, 0.3) is 0 Å². The number of rotatable bonds is 5. The molecule has 0 amide bonds. The molecule has 0 unspecified atom stereocenters. The average Bonchev–Trinajstić information content (AvgIpc) is 2.54. The maximum atomic E-state index is 13.0. The summed E-state index contributed by atoms with van der Waals surface area (Å²) in [6.07, 6.45) is 0.199. The normalized spacial score (nSPS) is 11.1. The Bertz CT molecular complexity index is 1020. The molecule has 27 heavy (non-hydrogen) atoms. The molecule has 2 aromatic rings. The number of aromatic nitrogens is 1. The van der Waals surface area contributed by atoms with Gasteiger partial charge in [-0.3, -0.25) is 9.59 Å². The first-order valence-electron chi connectivity index (χ1n) is 8.37. The van der Waals surface area contributed by atoms with E-state index in [1.807, 2.05) is 30.3 Å². The van der Waals surface area contributed by atoms with Crippen molar-refractivity contribution in [3.05, 3.63) is 63.6 Å². The number of benzene rings is 1. The van der Waals surface area contributed by atoms with E-state index in [0.717, 1.165) is 5.56 Å². The van der Waals surface area contributed by atoms with Crippen LogP contribution < -0.4 is 5.56 Å². The molecule has 0 aliphatic heterocycles. The third-order valence-corrected chi connectivity index (χ3v) is 4.03. The number of carbonyl (C=O) groups excluding carboxylic acids is 1. The summed E-state index contributed by atoms with van der Waals surface area (Å²) in [5, 5.41) is 0. The molecule has 0 N–H and O–H groups in total. The van der Waals surface area contributed by atoms with Gasteiger partial charge in [0.05, 0.1) is 5.69 Å². The van der Waals surface area contributed by atoms with Gasteiger partial charge in [0.25, 0.3) is 5.56 Å². The van der Waals surface area contributed by atoms with Crippen LogP contribution in [0.2, 0.25) is 0 Å². The number of carbonyl (C=O) groups is 1. The number of hydrogen-bond acceptors (Lipinski definition) is 6. The molecule has 0 bridgehead atoms. The molecule has 0 spiro atoms. The Morgan fingerprint density at radius 2 is 1.81 bits per heavy atom. The van der Waals surface area contributed by atoms with E-state index in [2.05, 4.69) is 4.36 Å². The molecule has 7 nitrogen and oxygen atoms in total. The second kappa shape index (κ2) is 8.30. The molecule has 1 aromatic carbocycles. The first kappa shape index (κ1) is 20.6. The maximum absolute atomic E-state index is 13.0. The second-order valence-electron chi connectivity index (χ2n) is 7.10. The number of aryl methyl sites for hydroxylation is 1. The molecule has 0 radical (unpaired) electrons. The van der Waals surface area contributed by atoms with Crippen LogP contribution in [-0.4, -0.2) is 24.6 Å². The Morgan fingerprint density at radius 3 is 2.37 bits per heavy atom.